The summed E-state index contributed by atoms with van der Waals surface area (Å²) in [5, 5.41) is 1.22. The third-order valence-corrected chi connectivity index (χ3v) is 5.95. The average Bonchev–Trinajstić information content (AvgIpc) is 2.76. The van der Waals surface area contributed by atoms with Crippen LogP contribution in [0.2, 0.25) is 0 Å². The van der Waals surface area contributed by atoms with E-state index >= 15 is 0 Å². The van der Waals surface area contributed by atoms with Crippen molar-refractivity contribution < 1.29 is 0 Å². The molecule has 0 N–H and O–H groups in total. The standard InChI is InChI=1S/C28H37N/c1-2-3-4-5-6-7-8-9-10-11-16-24-17-12-13-19-26(24)23-27-22-21-25-18-14-15-20-28(25)29-27/h12-15,17-22H,2-11,16,23H2,1H3. The highest BCUT2D eigenvalue weighted by Crippen LogP contribution is 2.19. The molecule has 154 valence electrons. The Kier molecular flexibility index (Phi) is 9.23. The fourth-order valence-electron chi connectivity index (χ4n) is 4.18. The van der Waals surface area contributed by atoms with Crippen molar-refractivity contribution in [2.24, 2.45) is 0 Å². The van der Waals surface area contributed by atoms with Gasteiger partial charge in [0.15, 0.2) is 0 Å². The molecule has 0 aliphatic rings. The van der Waals surface area contributed by atoms with E-state index < -0.39 is 0 Å². The van der Waals surface area contributed by atoms with Crippen LogP contribution in [0, 0.1) is 0 Å². The van der Waals surface area contributed by atoms with Gasteiger partial charge in [0.05, 0.1) is 5.52 Å². The number of rotatable bonds is 13. The summed E-state index contributed by atoms with van der Waals surface area (Å²) in [7, 11) is 0. The highest BCUT2D eigenvalue weighted by molar-refractivity contribution is 5.78. The summed E-state index contributed by atoms with van der Waals surface area (Å²) >= 11 is 0. The fraction of sp³-hybridized carbons (Fsp3) is 0.464. The van der Waals surface area contributed by atoms with Crippen molar-refractivity contribution in [2.45, 2.75) is 84.0 Å². The second kappa shape index (κ2) is 12.4. The molecule has 0 amide bonds. The van der Waals surface area contributed by atoms with Crippen molar-refractivity contribution in [3.8, 4) is 0 Å². The summed E-state index contributed by atoms with van der Waals surface area (Å²) in [6, 6.07) is 21.7. The van der Waals surface area contributed by atoms with E-state index in [1.54, 1.807) is 0 Å². The first-order valence-corrected chi connectivity index (χ1v) is 11.8. The molecule has 0 aliphatic heterocycles. The van der Waals surface area contributed by atoms with Gasteiger partial charge < -0.3 is 0 Å². The largest absolute Gasteiger partial charge is 0.252 e. The highest BCUT2D eigenvalue weighted by atomic mass is 14.7. The summed E-state index contributed by atoms with van der Waals surface area (Å²) in [5.41, 5.74) is 5.20. The molecule has 3 rings (SSSR count). The van der Waals surface area contributed by atoms with Gasteiger partial charge in [-0.05, 0) is 36.1 Å². The molecule has 0 aliphatic carbocycles. The minimum absolute atomic E-state index is 0.929. The van der Waals surface area contributed by atoms with E-state index in [-0.39, 0.29) is 0 Å². The van der Waals surface area contributed by atoms with E-state index in [2.05, 4.69) is 67.6 Å². The molecule has 3 aromatic rings. The van der Waals surface area contributed by atoms with Crippen LogP contribution in [-0.2, 0) is 12.8 Å². The molecule has 1 aromatic heterocycles. The quantitative estimate of drug-likeness (QED) is 0.269. The number of benzene rings is 2. The first-order chi connectivity index (χ1) is 14.4. The Morgan fingerprint density at radius 2 is 1.21 bits per heavy atom. The molecule has 29 heavy (non-hydrogen) atoms. The molecule has 0 atom stereocenters. The summed E-state index contributed by atoms with van der Waals surface area (Å²) in [4.78, 5) is 4.87. The Morgan fingerprint density at radius 3 is 1.97 bits per heavy atom. The SMILES string of the molecule is CCCCCCCCCCCCc1ccccc1Cc1ccc2ccccc2n1. The van der Waals surface area contributed by atoms with Crippen molar-refractivity contribution in [3.05, 3.63) is 77.5 Å². The molecular weight excluding hydrogens is 350 g/mol. The summed E-state index contributed by atoms with van der Waals surface area (Å²) < 4.78 is 0. The van der Waals surface area contributed by atoms with Crippen molar-refractivity contribution in [2.75, 3.05) is 0 Å². The van der Waals surface area contributed by atoms with Crippen LogP contribution < -0.4 is 0 Å². The Hall–Kier alpha value is -2.15. The third-order valence-electron chi connectivity index (χ3n) is 5.95. The lowest BCUT2D eigenvalue weighted by Crippen LogP contribution is -1.98. The Bertz CT molecular complexity index is 852. The van der Waals surface area contributed by atoms with Crippen LogP contribution in [0.5, 0.6) is 0 Å². The number of pyridine rings is 1. The van der Waals surface area contributed by atoms with Gasteiger partial charge >= 0.3 is 0 Å². The molecule has 0 spiro atoms. The summed E-state index contributed by atoms with van der Waals surface area (Å²) in [6.45, 7) is 2.29. The normalized spacial score (nSPS) is 11.2. The molecule has 0 saturated heterocycles. The lowest BCUT2D eigenvalue weighted by Gasteiger charge is -2.10. The van der Waals surface area contributed by atoms with Crippen molar-refractivity contribution >= 4 is 10.9 Å². The maximum atomic E-state index is 4.87. The van der Waals surface area contributed by atoms with E-state index in [1.807, 2.05) is 0 Å². The molecule has 0 bridgehead atoms. The van der Waals surface area contributed by atoms with E-state index in [0.717, 1.165) is 11.9 Å². The summed E-state index contributed by atoms with van der Waals surface area (Å²) in [6.07, 6.45) is 16.1. The molecule has 1 nitrogen and oxygen atoms in total. The average molecular weight is 388 g/mol. The van der Waals surface area contributed by atoms with Crippen LogP contribution in [0.15, 0.2) is 60.7 Å². The van der Waals surface area contributed by atoms with Gasteiger partial charge in [0, 0.05) is 17.5 Å². The van der Waals surface area contributed by atoms with Crippen LogP contribution in [0.1, 0.15) is 88.0 Å². The second-order valence-corrected chi connectivity index (χ2v) is 8.37. The van der Waals surface area contributed by atoms with Gasteiger partial charge in [0.2, 0.25) is 0 Å². The molecule has 2 aromatic carbocycles. The van der Waals surface area contributed by atoms with Gasteiger partial charge in [-0.25, -0.2) is 0 Å². The zero-order valence-electron chi connectivity index (χ0n) is 18.2. The number of hydrogen-bond acceptors (Lipinski definition) is 1. The van der Waals surface area contributed by atoms with Crippen LogP contribution in [0.3, 0.4) is 0 Å². The van der Waals surface area contributed by atoms with Crippen LogP contribution in [0.25, 0.3) is 10.9 Å². The van der Waals surface area contributed by atoms with Gasteiger partial charge in [0.25, 0.3) is 0 Å². The number of fused-ring (bicyclic) bond motifs is 1. The number of para-hydroxylation sites is 1. The Balaban J connectivity index is 1.43. The predicted molar refractivity (Wildman–Crippen MR) is 127 cm³/mol. The second-order valence-electron chi connectivity index (χ2n) is 8.37. The van der Waals surface area contributed by atoms with E-state index in [1.165, 1.54) is 92.8 Å². The maximum Gasteiger partial charge on any atom is 0.0705 e. The van der Waals surface area contributed by atoms with E-state index in [0.29, 0.717) is 0 Å². The van der Waals surface area contributed by atoms with Crippen molar-refractivity contribution in [1.29, 1.82) is 0 Å². The number of nitrogens with zero attached hydrogens (tertiary/aromatic N) is 1. The predicted octanol–water partition coefficient (Wildman–Crippen LogP) is 8.29. The number of unbranched alkanes of at least 4 members (excludes halogenated alkanes) is 9. The lowest BCUT2D eigenvalue weighted by molar-refractivity contribution is 0.556. The zero-order valence-corrected chi connectivity index (χ0v) is 18.2. The number of hydrogen-bond donors (Lipinski definition) is 0. The van der Waals surface area contributed by atoms with E-state index in [9.17, 15) is 0 Å². The maximum absolute atomic E-state index is 4.87. The zero-order chi connectivity index (χ0) is 20.2. The smallest absolute Gasteiger partial charge is 0.0705 e. The molecule has 1 heteroatoms. The summed E-state index contributed by atoms with van der Waals surface area (Å²) in [5.74, 6) is 0. The fourth-order valence-corrected chi connectivity index (χ4v) is 4.18. The lowest BCUT2D eigenvalue weighted by atomic mass is 9.97. The number of aromatic nitrogens is 1. The minimum Gasteiger partial charge on any atom is -0.252 e. The number of aryl methyl sites for hydroxylation is 1. The van der Waals surface area contributed by atoms with Gasteiger partial charge in [-0.1, -0.05) is 113 Å². The molecule has 0 fully saturated rings. The van der Waals surface area contributed by atoms with Crippen molar-refractivity contribution in [1.82, 2.24) is 4.98 Å². The first-order valence-electron chi connectivity index (χ1n) is 11.8. The topological polar surface area (TPSA) is 12.9 Å². The van der Waals surface area contributed by atoms with Crippen LogP contribution in [0.4, 0.5) is 0 Å². The van der Waals surface area contributed by atoms with Crippen molar-refractivity contribution in [3.63, 3.8) is 0 Å². The molecular formula is C28H37N. The van der Waals surface area contributed by atoms with Crippen LogP contribution in [-0.4, -0.2) is 4.98 Å². The molecule has 0 unspecified atom stereocenters. The van der Waals surface area contributed by atoms with E-state index in [4.69, 9.17) is 4.98 Å². The Morgan fingerprint density at radius 1 is 0.586 bits per heavy atom. The highest BCUT2D eigenvalue weighted by Gasteiger charge is 2.05. The first kappa shape index (κ1) is 21.6. The third kappa shape index (κ3) is 7.31. The van der Waals surface area contributed by atoms with Gasteiger partial charge in [-0.15, -0.1) is 0 Å². The van der Waals surface area contributed by atoms with Gasteiger partial charge in [-0.2, -0.15) is 0 Å². The minimum atomic E-state index is 0.929. The van der Waals surface area contributed by atoms with Crippen LogP contribution >= 0.6 is 0 Å². The molecule has 1 heterocycles. The molecule has 0 saturated carbocycles. The molecule has 0 radical (unpaired) electrons. The monoisotopic (exact) mass is 387 g/mol. The van der Waals surface area contributed by atoms with Gasteiger partial charge in [-0.3, -0.25) is 4.98 Å². The van der Waals surface area contributed by atoms with Gasteiger partial charge in [0.1, 0.15) is 0 Å². The Labute approximate surface area is 177 Å².